The van der Waals surface area contributed by atoms with Crippen LogP contribution in [0.5, 0.6) is 0 Å². The zero-order valence-electron chi connectivity index (χ0n) is 15.4. The molecule has 5 heterocycles. The van der Waals surface area contributed by atoms with Crippen LogP contribution in [0.25, 0.3) is 22.4 Å². The highest BCUT2D eigenvalue weighted by atomic mass is 19.4. The fourth-order valence-electron chi connectivity index (χ4n) is 4.23. The number of nitrogens with zero attached hydrogens (tertiary/aromatic N) is 4. The van der Waals surface area contributed by atoms with Gasteiger partial charge >= 0.3 is 6.18 Å². The fraction of sp³-hybridized carbons (Fsp3) is 0.421. The van der Waals surface area contributed by atoms with Crippen molar-refractivity contribution >= 4 is 16.7 Å². The second-order valence-corrected chi connectivity index (χ2v) is 7.51. The third-order valence-corrected chi connectivity index (χ3v) is 5.64. The maximum absolute atomic E-state index is 14.3. The average Bonchev–Trinajstić information content (AvgIpc) is 3.17. The minimum absolute atomic E-state index is 0.0874. The number of aromatic nitrogens is 4. The first-order valence-electron chi connectivity index (χ1n) is 9.41. The fourth-order valence-corrected chi connectivity index (χ4v) is 4.23. The van der Waals surface area contributed by atoms with E-state index >= 15 is 0 Å². The van der Waals surface area contributed by atoms with E-state index in [0.717, 1.165) is 6.42 Å². The first-order chi connectivity index (χ1) is 13.9. The van der Waals surface area contributed by atoms with Crippen molar-refractivity contribution in [3.63, 3.8) is 0 Å². The first-order valence-corrected chi connectivity index (χ1v) is 9.41. The standard InChI is InChI=1S/C19H19F3N6O/c20-19(21,22)16(28-8-13-6-5-12(28)9-29-13)15-14-7-24-27-18(14)26-17(25-15)10-1-3-11(23)4-2-10/h1-4,7,12-13,16H,5-6,8-9,23H2,(H,24,25,26,27). The summed E-state index contributed by atoms with van der Waals surface area (Å²) >= 11 is 0. The van der Waals surface area contributed by atoms with E-state index in [4.69, 9.17) is 10.5 Å². The van der Waals surface area contributed by atoms with Gasteiger partial charge in [-0.25, -0.2) is 9.97 Å². The van der Waals surface area contributed by atoms with Gasteiger partial charge in [0.15, 0.2) is 17.5 Å². The summed E-state index contributed by atoms with van der Waals surface area (Å²) in [5, 5.41) is 6.87. The number of nitrogens with two attached hydrogens (primary N) is 1. The van der Waals surface area contributed by atoms with Gasteiger partial charge in [-0.05, 0) is 37.1 Å². The van der Waals surface area contributed by atoms with Crippen LogP contribution in [-0.4, -0.2) is 56.5 Å². The molecular weight excluding hydrogens is 385 g/mol. The van der Waals surface area contributed by atoms with Crippen LogP contribution >= 0.6 is 0 Å². The molecule has 6 rings (SSSR count). The summed E-state index contributed by atoms with van der Waals surface area (Å²) in [6.45, 7) is 0.539. The van der Waals surface area contributed by atoms with E-state index in [2.05, 4.69) is 20.2 Å². The minimum atomic E-state index is -4.51. The summed E-state index contributed by atoms with van der Waals surface area (Å²) in [6.07, 6.45) is -1.86. The van der Waals surface area contributed by atoms with Crippen molar-refractivity contribution in [1.29, 1.82) is 0 Å². The molecule has 3 N–H and O–H groups in total. The van der Waals surface area contributed by atoms with Crippen LogP contribution in [-0.2, 0) is 4.74 Å². The quantitative estimate of drug-likeness (QED) is 0.652. The second kappa shape index (κ2) is 6.67. The van der Waals surface area contributed by atoms with E-state index in [-0.39, 0.29) is 41.2 Å². The molecule has 3 aromatic rings. The van der Waals surface area contributed by atoms with E-state index in [1.807, 2.05) is 0 Å². The number of halogens is 3. The normalized spacial score (nSPS) is 23.6. The van der Waals surface area contributed by atoms with Crippen molar-refractivity contribution in [2.45, 2.75) is 37.2 Å². The molecule has 2 aromatic heterocycles. The molecule has 2 bridgehead atoms. The summed E-state index contributed by atoms with van der Waals surface area (Å²) in [7, 11) is 0. The van der Waals surface area contributed by atoms with Crippen molar-refractivity contribution < 1.29 is 17.9 Å². The average molecular weight is 404 g/mol. The molecule has 0 spiro atoms. The number of aromatic amines is 1. The zero-order valence-corrected chi connectivity index (χ0v) is 15.4. The van der Waals surface area contributed by atoms with Gasteiger partial charge in [-0.1, -0.05) is 0 Å². The molecule has 152 valence electrons. The molecule has 7 nitrogen and oxygen atoms in total. The number of H-pyrrole nitrogens is 1. The van der Waals surface area contributed by atoms with Crippen molar-refractivity contribution in [2.75, 3.05) is 18.9 Å². The van der Waals surface area contributed by atoms with Gasteiger partial charge in [-0.15, -0.1) is 0 Å². The Labute approximate surface area is 164 Å². The van der Waals surface area contributed by atoms with E-state index in [9.17, 15) is 13.2 Å². The Morgan fingerprint density at radius 2 is 1.97 bits per heavy atom. The van der Waals surface area contributed by atoms with Crippen molar-refractivity contribution in [2.24, 2.45) is 0 Å². The lowest BCUT2D eigenvalue weighted by Crippen LogP contribution is -2.58. The Morgan fingerprint density at radius 1 is 1.17 bits per heavy atom. The van der Waals surface area contributed by atoms with Gasteiger partial charge < -0.3 is 10.5 Å². The molecule has 3 fully saturated rings. The number of benzene rings is 1. The van der Waals surface area contributed by atoms with E-state index in [1.54, 1.807) is 24.3 Å². The Kier molecular flexibility index (Phi) is 4.21. The highest BCUT2D eigenvalue weighted by Gasteiger charge is 2.51. The first kappa shape index (κ1) is 18.3. The number of anilines is 1. The van der Waals surface area contributed by atoms with Crippen molar-refractivity contribution in [3.8, 4) is 11.4 Å². The number of rotatable bonds is 3. The van der Waals surface area contributed by atoms with E-state index < -0.39 is 12.2 Å². The molecule has 3 aliphatic rings. The summed E-state index contributed by atoms with van der Waals surface area (Å²) in [4.78, 5) is 10.2. The molecule has 0 saturated carbocycles. The number of piperidine rings is 1. The van der Waals surface area contributed by atoms with Gasteiger partial charge in [0.2, 0.25) is 0 Å². The molecule has 0 aliphatic carbocycles. The summed E-state index contributed by atoms with van der Waals surface area (Å²) < 4.78 is 48.6. The highest BCUT2D eigenvalue weighted by Crippen LogP contribution is 2.44. The molecule has 10 heteroatoms. The third kappa shape index (κ3) is 3.22. The second-order valence-electron chi connectivity index (χ2n) is 7.51. The number of morpholine rings is 1. The summed E-state index contributed by atoms with van der Waals surface area (Å²) in [5.41, 5.74) is 7.04. The van der Waals surface area contributed by atoms with E-state index in [0.29, 0.717) is 24.3 Å². The molecule has 3 atom stereocenters. The van der Waals surface area contributed by atoms with Crippen LogP contribution in [0.4, 0.5) is 18.9 Å². The summed E-state index contributed by atoms with van der Waals surface area (Å²) in [5.74, 6) is 0.199. The van der Waals surface area contributed by atoms with Crippen molar-refractivity contribution in [1.82, 2.24) is 25.1 Å². The van der Waals surface area contributed by atoms with Crippen LogP contribution in [0.2, 0.25) is 0 Å². The van der Waals surface area contributed by atoms with Crippen LogP contribution in [0.1, 0.15) is 24.6 Å². The molecule has 3 unspecified atom stereocenters. The third-order valence-electron chi connectivity index (χ3n) is 5.64. The minimum Gasteiger partial charge on any atom is -0.399 e. The molecule has 0 amide bonds. The van der Waals surface area contributed by atoms with Gasteiger partial charge in [0, 0.05) is 23.8 Å². The van der Waals surface area contributed by atoms with E-state index in [1.165, 1.54) is 11.1 Å². The molecule has 3 aliphatic heterocycles. The topological polar surface area (TPSA) is 93.0 Å². The smallest absolute Gasteiger partial charge is 0.399 e. The molecule has 29 heavy (non-hydrogen) atoms. The molecule has 3 saturated heterocycles. The zero-order chi connectivity index (χ0) is 20.2. The number of hydrogen-bond donors (Lipinski definition) is 2. The number of alkyl halides is 3. The lowest BCUT2D eigenvalue weighted by Gasteiger charge is -2.48. The largest absolute Gasteiger partial charge is 0.409 e. The summed E-state index contributed by atoms with van der Waals surface area (Å²) in [6, 6.07) is 4.57. The van der Waals surface area contributed by atoms with Gasteiger partial charge in [0.1, 0.15) is 0 Å². The van der Waals surface area contributed by atoms with Crippen LogP contribution < -0.4 is 5.73 Å². The molecular formula is C19H19F3N6O. The number of fused-ring (bicyclic) bond motifs is 4. The number of hydrogen-bond acceptors (Lipinski definition) is 6. The maximum Gasteiger partial charge on any atom is 0.409 e. The number of nitrogen functional groups attached to an aromatic ring is 1. The van der Waals surface area contributed by atoms with Gasteiger partial charge in [0.05, 0.1) is 30.0 Å². The lowest BCUT2D eigenvalue weighted by atomic mass is 9.93. The van der Waals surface area contributed by atoms with Crippen molar-refractivity contribution in [3.05, 3.63) is 36.2 Å². The monoisotopic (exact) mass is 404 g/mol. The van der Waals surface area contributed by atoms with Crippen LogP contribution in [0.15, 0.2) is 30.5 Å². The Morgan fingerprint density at radius 3 is 2.59 bits per heavy atom. The van der Waals surface area contributed by atoms with Gasteiger partial charge in [0.25, 0.3) is 0 Å². The van der Waals surface area contributed by atoms with Gasteiger partial charge in [-0.3, -0.25) is 10.00 Å². The SMILES string of the molecule is Nc1ccc(-c2nc(C(N3CC4CCC3CO4)C(F)(F)F)c3cn[nH]c3n2)cc1. The Bertz CT molecular complexity index is 1030. The Balaban J connectivity index is 1.66. The highest BCUT2D eigenvalue weighted by molar-refractivity contribution is 5.79. The lowest BCUT2D eigenvalue weighted by molar-refractivity contribution is -0.222. The Hall–Kier alpha value is -2.72. The predicted molar refractivity (Wildman–Crippen MR) is 99.8 cm³/mol. The molecule has 0 radical (unpaired) electrons. The predicted octanol–water partition coefficient (Wildman–Crippen LogP) is 3.07. The number of ether oxygens (including phenoxy) is 1. The molecule has 1 aromatic carbocycles. The maximum atomic E-state index is 14.3. The van der Waals surface area contributed by atoms with Crippen LogP contribution in [0, 0.1) is 0 Å². The van der Waals surface area contributed by atoms with Crippen LogP contribution in [0.3, 0.4) is 0 Å². The number of nitrogens with one attached hydrogen (secondary N) is 1. The van der Waals surface area contributed by atoms with Gasteiger partial charge in [-0.2, -0.15) is 18.3 Å².